The summed E-state index contributed by atoms with van der Waals surface area (Å²) >= 11 is 0. The summed E-state index contributed by atoms with van der Waals surface area (Å²) in [6.45, 7) is 5.68. The first-order chi connectivity index (χ1) is 10.9. The zero-order valence-electron chi connectivity index (χ0n) is 14.1. The van der Waals surface area contributed by atoms with E-state index in [0.29, 0.717) is 0 Å². The summed E-state index contributed by atoms with van der Waals surface area (Å²) in [5.74, 6) is 1.85. The Morgan fingerprint density at radius 3 is 1.45 bits per heavy atom. The normalized spacial score (nSPS) is 11.4. The van der Waals surface area contributed by atoms with Gasteiger partial charge in [0.1, 0.15) is 11.5 Å². The fraction of sp³-hybridized carbons (Fsp3) is 0.500. The van der Waals surface area contributed by atoms with Crippen LogP contribution < -0.4 is 9.47 Å². The van der Waals surface area contributed by atoms with Crippen molar-refractivity contribution < 1.29 is 9.47 Å². The molecule has 0 radical (unpaired) electrons. The molecule has 0 saturated heterocycles. The van der Waals surface area contributed by atoms with E-state index in [1.165, 1.54) is 12.8 Å². The van der Waals surface area contributed by atoms with Crippen LogP contribution in [0.25, 0.3) is 0 Å². The van der Waals surface area contributed by atoms with Gasteiger partial charge in [-0.15, -0.1) is 0 Å². The number of hydrogen-bond acceptors (Lipinski definition) is 2. The Bertz CT molecular complexity index is 377. The molecular weight excluding hydrogens is 272 g/mol. The topological polar surface area (TPSA) is 18.5 Å². The second-order valence-corrected chi connectivity index (χ2v) is 5.30. The number of ether oxygens (including phenoxy) is 2. The molecule has 0 unspecified atom stereocenters. The molecule has 0 bridgehead atoms. The Balaban J connectivity index is 2.11. The molecule has 0 heterocycles. The van der Waals surface area contributed by atoms with Crippen LogP contribution in [0.1, 0.15) is 52.4 Å². The minimum atomic E-state index is 0.780. The molecule has 1 rings (SSSR count). The first kappa shape index (κ1) is 18.3. The van der Waals surface area contributed by atoms with Crippen molar-refractivity contribution in [2.45, 2.75) is 52.4 Å². The van der Waals surface area contributed by atoms with Gasteiger partial charge in [0, 0.05) is 0 Å². The summed E-state index contributed by atoms with van der Waals surface area (Å²) in [7, 11) is 0. The monoisotopic (exact) mass is 302 g/mol. The molecule has 0 fully saturated rings. The van der Waals surface area contributed by atoms with Crippen LogP contribution in [0.2, 0.25) is 0 Å². The summed E-state index contributed by atoms with van der Waals surface area (Å²) in [4.78, 5) is 0. The molecule has 0 atom stereocenters. The maximum Gasteiger partial charge on any atom is 0.119 e. The lowest BCUT2D eigenvalue weighted by atomic mass is 10.2. The van der Waals surface area contributed by atoms with Gasteiger partial charge in [-0.2, -0.15) is 0 Å². The molecular formula is C20H30O2. The summed E-state index contributed by atoms with van der Waals surface area (Å²) in [5.41, 5.74) is 0. The summed E-state index contributed by atoms with van der Waals surface area (Å²) in [5, 5.41) is 0. The predicted octanol–water partition coefficient (Wildman–Crippen LogP) is 5.94. The van der Waals surface area contributed by atoms with E-state index >= 15 is 0 Å². The van der Waals surface area contributed by atoms with Crippen molar-refractivity contribution in [3.05, 3.63) is 48.6 Å². The molecule has 0 N–H and O–H groups in total. The standard InChI is InChI=1S/C20H30O2/c1-3-5-7-9-11-17-21-19-13-15-20(16-14-19)22-18-12-10-8-6-4-2/h3-6,13-16H,7-12,17-18H2,1-2H3. The third-order valence-electron chi connectivity index (χ3n) is 3.36. The van der Waals surface area contributed by atoms with Gasteiger partial charge in [0.05, 0.1) is 13.2 Å². The van der Waals surface area contributed by atoms with E-state index in [2.05, 4.69) is 38.2 Å². The average molecular weight is 302 g/mol. The van der Waals surface area contributed by atoms with E-state index < -0.39 is 0 Å². The van der Waals surface area contributed by atoms with Crippen molar-refractivity contribution in [2.24, 2.45) is 0 Å². The van der Waals surface area contributed by atoms with Crippen LogP contribution in [0, 0.1) is 0 Å². The second-order valence-electron chi connectivity index (χ2n) is 5.30. The minimum Gasteiger partial charge on any atom is -0.494 e. The fourth-order valence-electron chi connectivity index (χ4n) is 2.07. The Labute approximate surface area is 135 Å². The van der Waals surface area contributed by atoms with Crippen molar-refractivity contribution in [2.75, 3.05) is 13.2 Å². The Morgan fingerprint density at radius 1 is 0.682 bits per heavy atom. The molecule has 0 spiro atoms. The number of hydrogen-bond donors (Lipinski definition) is 0. The highest BCUT2D eigenvalue weighted by atomic mass is 16.5. The highest BCUT2D eigenvalue weighted by molar-refractivity contribution is 5.31. The number of allylic oxidation sites excluding steroid dienone is 4. The quantitative estimate of drug-likeness (QED) is 0.351. The van der Waals surface area contributed by atoms with Gasteiger partial charge in [-0.1, -0.05) is 24.3 Å². The number of benzene rings is 1. The van der Waals surface area contributed by atoms with Gasteiger partial charge in [-0.25, -0.2) is 0 Å². The molecule has 0 aliphatic rings. The van der Waals surface area contributed by atoms with E-state index in [1.54, 1.807) is 0 Å². The summed E-state index contributed by atoms with van der Waals surface area (Å²) < 4.78 is 11.4. The molecule has 0 aliphatic heterocycles. The lowest BCUT2D eigenvalue weighted by Crippen LogP contribution is -1.98. The SMILES string of the molecule is CC=CCCCCOc1ccc(OCCCCC=CC)cc1. The lowest BCUT2D eigenvalue weighted by molar-refractivity contribution is 0.299. The molecule has 0 aliphatic carbocycles. The van der Waals surface area contributed by atoms with Crippen molar-refractivity contribution >= 4 is 0 Å². The molecule has 1 aromatic rings. The van der Waals surface area contributed by atoms with Gasteiger partial charge < -0.3 is 9.47 Å². The van der Waals surface area contributed by atoms with Gasteiger partial charge in [0.25, 0.3) is 0 Å². The van der Waals surface area contributed by atoms with Gasteiger partial charge >= 0.3 is 0 Å². The molecule has 0 saturated carbocycles. The Hall–Kier alpha value is -1.70. The van der Waals surface area contributed by atoms with Crippen LogP contribution in [0.3, 0.4) is 0 Å². The summed E-state index contributed by atoms with van der Waals surface area (Å²) in [6, 6.07) is 7.95. The molecule has 0 aromatic heterocycles. The lowest BCUT2D eigenvalue weighted by Gasteiger charge is -2.08. The molecule has 22 heavy (non-hydrogen) atoms. The maximum absolute atomic E-state index is 5.72. The van der Waals surface area contributed by atoms with Gasteiger partial charge in [0.2, 0.25) is 0 Å². The predicted molar refractivity (Wildman–Crippen MR) is 94.8 cm³/mol. The van der Waals surface area contributed by atoms with E-state index in [0.717, 1.165) is 50.4 Å². The van der Waals surface area contributed by atoms with Crippen molar-refractivity contribution in [3.8, 4) is 11.5 Å². The van der Waals surface area contributed by atoms with Crippen LogP contribution in [0.15, 0.2) is 48.6 Å². The zero-order valence-corrected chi connectivity index (χ0v) is 14.1. The number of unbranched alkanes of at least 4 members (excludes halogenated alkanes) is 4. The Morgan fingerprint density at radius 2 is 1.09 bits per heavy atom. The third kappa shape index (κ3) is 9.28. The van der Waals surface area contributed by atoms with Crippen LogP contribution in [0.4, 0.5) is 0 Å². The molecule has 1 aromatic carbocycles. The van der Waals surface area contributed by atoms with Crippen molar-refractivity contribution in [1.29, 1.82) is 0 Å². The van der Waals surface area contributed by atoms with Crippen LogP contribution in [-0.4, -0.2) is 13.2 Å². The van der Waals surface area contributed by atoms with Crippen molar-refractivity contribution in [3.63, 3.8) is 0 Å². The van der Waals surface area contributed by atoms with E-state index in [9.17, 15) is 0 Å². The molecule has 122 valence electrons. The first-order valence-corrected chi connectivity index (χ1v) is 8.44. The van der Waals surface area contributed by atoms with Crippen LogP contribution in [0.5, 0.6) is 11.5 Å². The molecule has 2 nitrogen and oxygen atoms in total. The Kier molecular flexibility index (Phi) is 10.8. The van der Waals surface area contributed by atoms with Gasteiger partial charge in [0.15, 0.2) is 0 Å². The highest BCUT2D eigenvalue weighted by Crippen LogP contribution is 2.18. The second kappa shape index (κ2) is 13.0. The first-order valence-electron chi connectivity index (χ1n) is 8.44. The fourth-order valence-corrected chi connectivity index (χ4v) is 2.07. The molecule has 0 amide bonds. The number of rotatable bonds is 12. The van der Waals surface area contributed by atoms with Gasteiger partial charge in [-0.3, -0.25) is 0 Å². The van der Waals surface area contributed by atoms with E-state index in [-0.39, 0.29) is 0 Å². The van der Waals surface area contributed by atoms with Crippen LogP contribution in [-0.2, 0) is 0 Å². The average Bonchev–Trinajstić information content (AvgIpc) is 2.55. The third-order valence-corrected chi connectivity index (χ3v) is 3.36. The van der Waals surface area contributed by atoms with E-state index in [1.807, 2.05) is 24.3 Å². The smallest absolute Gasteiger partial charge is 0.119 e. The van der Waals surface area contributed by atoms with Crippen molar-refractivity contribution in [1.82, 2.24) is 0 Å². The largest absolute Gasteiger partial charge is 0.494 e. The minimum absolute atomic E-state index is 0.780. The maximum atomic E-state index is 5.72. The zero-order chi connectivity index (χ0) is 15.9. The highest BCUT2D eigenvalue weighted by Gasteiger charge is 1.97. The van der Waals surface area contributed by atoms with Gasteiger partial charge in [-0.05, 0) is 76.6 Å². The van der Waals surface area contributed by atoms with E-state index in [4.69, 9.17) is 9.47 Å². The molecule has 2 heteroatoms. The van der Waals surface area contributed by atoms with Crippen LogP contribution >= 0.6 is 0 Å². The summed E-state index contributed by atoms with van der Waals surface area (Å²) in [6.07, 6.45) is 15.4.